The predicted molar refractivity (Wildman–Crippen MR) is 287 cm³/mol. The Bertz CT molecular complexity index is 1030. The zero-order chi connectivity index (χ0) is 47.9. The molecule has 6 nitrogen and oxygen atoms in total. The van der Waals surface area contributed by atoms with Gasteiger partial charge in [-0.15, -0.1) is 0 Å². The van der Waals surface area contributed by atoms with Gasteiger partial charge in [0.05, 0.1) is 25.4 Å². The van der Waals surface area contributed by atoms with E-state index in [2.05, 4.69) is 31.3 Å². The zero-order valence-electron chi connectivity index (χ0n) is 44.4. The molecule has 0 aliphatic rings. The Kier molecular flexibility index (Phi) is 54.5. The highest BCUT2D eigenvalue weighted by atomic mass is 16.5. The van der Waals surface area contributed by atoms with Gasteiger partial charge < -0.3 is 20.3 Å². The average molecular weight is 931 g/mol. The van der Waals surface area contributed by atoms with E-state index in [1.54, 1.807) is 6.08 Å². The second-order valence-corrected chi connectivity index (χ2v) is 20.3. The molecule has 0 saturated heterocycles. The number of allylic oxidation sites excluding steroid dienone is 3. The van der Waals surface area contributed by atoms with Crippen LogP contribution in [-0.2, 0) is 14.3 Å². The van der Waals surface area contributed by atoms with Crippen LogP contribution in [-0.4, -0.2) is 47.4 Å². The Morgan fingerprint density at radius 1 is 0.409 bits per heavy atom. The first-order valence-corrected chi connectivity index (χ1v) is 29.6. The second-order valence-electron chi connectivity index (χ2n) is 20.3. The van der Waals surface area contributed by atoms with Gasteiger partial charge in [-0.05, 0) is 57.8 Å². The maximum atomic E-state index is 12.4. The van der Waals surface area contributed by atoms with Crippen LogP contribution in [0.3, 0.4) is 0 Å². The summed E-state index contributed by atoms with van der Waals surface area (Å²) >= 11 is 0. The topological polar surface area (TPSA) is 95.9 Å². The Labute approximate surface area is 411 Å². The predicted octanol–water partition coefficient (Wildman–Crippen LogP) is 18.2. The van der Waals surface area contributed by atoms with Gasteiger partial charge in [0.2, 0.25) is 5.91 Å². The van der Waals surface area contributed by atoms with Crippen molar-refractivity contribution in [2.45, 2.75) is 334 Å². The van der Waals surface area contributed by atoms with E-state index in [0.717, 1.165) is 38.5 Å². The van der Waals surface area contributed by atoms with Gasteiger partial charge >= 0.3 is 5.97 Å². The van der Waals surface area contributed by atoms with Crippen molar-refractivity contribution in [3.05, 3.63) is 24.3 Å². The molecule has 0 aliphatic carbocycles. The maximum Gasteiger partial charge on any atom is 0.305 e. The number of rotatable bonds is 55. The number of nitrogens with one attached hydrogen (secondary N) is 1. The van der Waals surface area contributed by atoms with Crippen LogP contribution < -0.4 is 5.32 Å². The lowest BCUT2D eigenvalue weighted by Crippen LogP contribution is -2.45. The molecule has 0 fully saturated rings. The minimum atomic E-state index is -0.843. The van der Waals surface area contributed by atoms with Crippen molar-refractivity contribution < 1.29 is 24.5 Å². The van der Waals surface area contributed by atoms with Crippen molar-refractivity contribution in [3.63, 3.8) is 0 Å². The molecule has 0 radical (unpaired) electrons. The summed E-state index contributed by atoms with van der Waals surface area (Å²) in [6.45, 7) is 4.89. The fourth-order valence-electron chi connectivity index (χ4n) is 9.16. The summed E-state index contributed by atoms with van der Waals surface area (Å²) in [7, 11) is 0. The third kappa shape index (κ3) is 51.7. The van der Waals surface area contributed by atoms with Crippen molar-refractivity contribution >= 4 is 11.9 Å². The Balaban J connectivity index is 3.37. The molecule has 0 heterocycles. The van der Waals surface area contributed by atoms with Gasteiger partial charge in [0.25, 0.3) is 0 Å². The number of unbranched alkanes of at least 4 members (excludes halogenated alkanes) is 42. The Morgan fingerprint density at radius 2 is 0.712 bits per heavy atom. The van der Waals surface area contributed by atoms with E-state index in [-0.39, 0.29) is 18.5 Å². The monoisotopic (exact) mass is 930 g/mol. The van der Waals surface area contributed by atoms with Gasteiger partial charge in [-0.3, -0.25) is 9.59 Å². The molecular formula is C60H115NO5. The lowest BCUT2D eigenvalue weighted by Gasteiger charge is -2.20. The summed E-state index contributed by atoms with van der Waals surface area (Å²) in [6, 6.07) is -0.627. The van der Waals surface area contributed by atoms with Crippen LogP contribution in [0.2, 0.25) is 0 Å². The third-order valence-electron chi connectivity index (χ3n) is 13.7. The molecule has 66 heavy (non-hydrogen) atoms. The summed E-state index contributed by atoms with van der Waals surface area (Å²) in [5, 5.41) is 23.0. The first kappa shape index (κ1) is 64.3. The van der Waals surface area contributed by atoms with Gasteiger partial charge in [0, 0.05) is 12.8 Å². The molecule has 2 unspecified atom stereocenters. The van der Waals surface area contributed by atoms with Crippen molar-refractivity contribution in [3.8, 4) is 0 Å². The van der Waals surface area contributed by atoms with Gasteiger partial charge in [0.1, 0.15) is 0 Å². The van der Waals surface area contributed by atoms with Crippen LogP contribution in [0.5, 0.6) is 0 Å². The first-order valence-electron chi connectivity index (χ1n) is 29.6. The largest absolute Gasteiger partial charge is 0.466 e. The van der Waals surface area contributed by atoms with E-state index < -0.39 is 12.1 Å². The number of hydrogen-bond donors (Lipinski definition) is 3. The molecule has 6 heteroatoms. The van der Waals surface area contributed by atoms with E-state index in [4.69, 9.17) is 4.74 Å². The van der Waals surface area contributed by atoms with Crippen LogP contribution in [0.1, 0.15) is 322 Å². The second kappa shape index (κ2) is 55.9. The molecule has 2 atom stereocenters. The van der Waals surface area contributed by atoms with Crippen LogP contribution in [0.25, 0.3) is 0 Å². The minimum absolute atomic E-state index is 0.0154. The molecule has 0 rings (SSSR count). The molecule has 0 saturated carbocycles. The number of aliphatic hydroxyl groups is 2. The standard InChI is InChI=1S/C60H115NO5/c1-3-5-7-9-11-13-15-30-34-38-42-46-50-54-60(65)66-55-51-47-43-39-35-32-29-27-25-23-21-19-17-16-18-20-22-24-26-28-31-33-37-41-45-49-53-59(64)61-57(56-62)58(63)52-48-44-40-36-14-12-10-8-6-4-2/h16,18,48,52,57-58,62-63H,3-15,17,19-47,49-51,53-56H2,1-2H3,(H,61,64)/b18-16-,52-48+. The average Bonchev–Trinajstić information content (AvgIpc) is 3.32. The molecule has 390 valence electrons. The van der Waals surface area contributed by atoms with Gasteiger partial charge in [0.15, 0.2) is 0 Å². The molecule has 1 amide bonds. The number of ether oxygens (including phenoxy) is 1. The molecule has 0 aromatic heterocycles. The van der Waals surface area contributed by atoms with Crippen molar-refractivity contribution in [2.75, 3.05) is 13.2 Å². The lowest BCUT2D eigenvalue weighted by atomic mass is 10.0. The fourth-order valence-corrected chi connectivity index (χ4v) is 9.16. The molecule has 0 aromatic carbocycles. The Morgan fingerprint density at radius 3 is 1.08 bits per heavy atom. The number of esters is 1. The number of hydrogen-bond acceptors (Lipinski definition) is 5. The molecular weight excluding hydrogens is 815 g/mol. The first-order chi connectivity index (χ1) is 32.5. The Hall–Kier alpha value is -1.66. The van der Waals surface area contributed by atoms with E-state index in [0.29, 0.717) is 19.4 Å². The van der Waals surface area contributed by atoms with E-state index in [1.165, 1.54) is 257 Å². The maximum absolute atomic E-state index is 12.4. The quantitative estimate of drug-likeness (QED) is 0.0321. The molecule has 3 N–H and O–H groups in total. The van der Waals surface area contributed by atoms with E-state index in [1.807, 2.05) is 6.08 Å². The molecule has 0 spiro atoms. The van der Waals surface area contributed by atoms with E-state index >= 15 is 0 Å². The van der Waals surface area contributed by atoms with Crippen molar-refractivity contribution in [1.29, 1.82) is 0 Å². The zero-order valence-corrected chi connectivity index (χ0v) is 44.4. The van der Waals surface area contributed by atoms with Crippen molar-refractivity contribution in [2.24, 2.45) is 0 Å². The highest BCUT2D eigenvalue weighted by Crippen LogP contribution is 2.17. The SMILES string of the molecule is CCCCCCCCCC/C=C/C(O)C(CO)NC(=O)CCCCCCCCCCCC/C=C\CCCCCCCCCCCCCCOC(=O)CCCCCCCCCCCCCCC. The normalized spacial score (nSPS) is 12.7. The summed E-state index contributed by atoms with van der Waals surface area (Å²) in [5.74, 6) is -0.0558. The van der Waals surface area contributed by atoms with Crippen LogP contribution in [0.15, 0.2) is 24.3 Å². The van der Waals surface area contributed by atoms with Crippen molar-refractivity contribution in [1.82, 2.24) is 5.32 Å². The van der Waals surface area contributed by atoms with Crippen LogP contribution >= 0.6 is 0 Å². The number of carbonyl (C=O) groups is 2. The molecule has 0 aliphatic heterocycles. The molecule has 0 aromatic rings. The minimum Gasteiger partial charge on any atom is -0.466 e. The summed E-state index contributed by atoms with van der Waals surface area (Å²) in [6.07, 6.45) is 67.9. The summed E-state index contributed by atoms with van der Waals surface area (Å²) in [4.78, 5) is 24.4. The summed E-state index contributed by atoms with van der Waals surface area (Å²) in [5.41, 5.74) is 0. The fraction of sp³-hybridized carbons (Fsp3) is 0.900. The number of carbonyl (C=O) groups excluding carboxylic acids is 2. The smallest absolute Gasteiger partial charge is 0.305 e. The number of aliphatic hydroxyl groups excluding tert-OH is 2. The lowest BCUT2D eigenvalue weighted by molar-refractivity contribution is -0.143. The van der Waals surface area contributed by atoms with Gasteiger partial charge in [-0.25, -0.2) is 0 Å². The third-order valence-corrected chi connectivity index (χ3v) is 13.7. The van der Waals surface area contributed by atoms with Gasteiger partial charge in [-0.2, -0.15) is 0 Å². The molecule has 0 bridgehead atoms. The van der Waals surface area contributed by atoms with Gasteiger partial charge in [-0.1, -0.05) is 276 Å². The van der Waals surface area contributed by atoms with Crippen LogP contribution in [0, 0.1) is 0 Å². The number of amides is 1. The highest BCUT2D eigenvalue weighted by molar-refractivity contribution is 5.76. The van der Waals surface area contributed by atoms with E-state index in [9.17, 15) is 19.8 Å². The highest BCUT2D eigenvalue weighted by Gasteiger charge is 2.18. The van der Waals surface area contributed by atoms with Crippen LogP contribution in [0.4, 0.5) is 0 Å². The summed E-state index contributed by atoms with van der Waals surface area (Å²) < 4.78 is 5.48.